The minimum Gasteiger partial charge on any atom is -0.376 e. The summed E-state index contributed by atoms with van der Waals surface area (Å²) in [6, 6.07) is 20.5. The van der Waals surface area contributed by atoms with E-state index in [1.807, 2.05) is 36.4 Å². The minimum absolute atomic E-state index is 0.000979. The van der Waals surface area contributed by atoms with Gasteiger partial charge in [-0.2, -0.15) is 0 Å². The van der Waals surface area contributed by atoms with E-state index in [9.17, 15) is 4.79 Å². The molecule has 0 saturated carbocycles. The number of carbonyl (C=O) groups excluding carboxylic acids is 1. The Morgan fingerprint density at radius 1 is 1.11 bits per heavy atom. The maximum atomic E-state index is 13.6. The van der Waals surface area contributed by atoms with E-state index >= 15 is 0 Å². The van der Waals surface area contributed by atoms with Gasteiger partial charge in [0.05, 0.1) is 23.2 Å². The van der Waals surface area contributed by atoms with Gasteiger partial charge in [-0.1, -0.05) is 43.3 Å². The molecule has 1 atom stereocenters. The van der Waals surface area contributed by atoms with Gasteiger partial charge in [-0.25, -0.2) is 4.99 Å². The SMILES string of the molecule is CCc1ccccc1-n1c(C)cc(/C=C2\SC(=Nc3ccccc3)N(C[C@@H]3CCCO3)C2=O)c1C. The van der Waals surface area contributed by atoms with Gasteiger partial charge in [0.2, 0.25) is 0 Å². The number of hydrogen-bond acceptors (Lipinski definition) is 4. The van der Waals surface area contributed by atoms with Gasteiger partial charge in [0.1, 0.15) is 0 Å². The number of carbonyl (C=O) groups is 1. The van der Waals surface area contributed by atoms with Crippen molar-refractivity contribution < 1.29 is 9.53 Å². The number of thioether (sulfide) groups is 1. The molecule has 2 saturated heterocycles. The van der Waals surface area contributed by atoms with E-state index in [-0.39, 0.29) is 12.0 Å². The summed E-state index contributed by atoms with van der Waals surface area (Å²) in [5, 5.41) is 0.716. The summed E-state index contributed by atoms with van der Waals surface area (Å²) in [6.45, 7) is 7.73. The Kier molecular flexibility index (Phi) is 6.93. The quantitative estimate of drug-likeness (QED) is 0.378. The van der Waals surface area contributed by atoms with Crippen molar-refractivity contribution in [3.05, 3.63) is 88.1 Å². The highest BCUT2D eigenvalue weighted by molar-refractivity contribution is 8.18. The summed E-state index contributed by atoms with van der Waals surface area (Å²) in [4.78, 5) is 20.9. The molecule has 2 aliphatic rings. The van der Waals surface area contributed by atoms with Crippen LogP contribution in [-0.2, 0) is 16.0 Å². The Morgan fingerprint density at radius 3 is 2.63 bits per heavy atom. The zero-order valence-electron chi connectivity index (χ0n) is 20.5. The highest BCUT2D eigenvalue weighted by Crippen LogP contribution is 2.36. The Bertz CT molecular complexity index is 1290. The van der Waals surface area contributed by atoms with E-state index in [0.717, 1.165) is 48.5 Å². The molecule has 1 aromatic heterocycles. The molecule has 5 rings (SSSR count). The first-order valence-electron chi connectivity index (χ1n) is 12.3. The highest BCUT2D eigenvalue weighted by Gasteiger charge is 2.36. The molecule has 2 fully saturated rings. The summed E-state index contributed by atoms with van der Waals surface area (Å²) < 4.78 is 8.13. The number of amidine groups is 1. The number of amides is 1. The number of aryl methyl sites for hydroxylation is 2. The van der Waals surface area contributed by atoms with Crippen LogP contribution in [0.2, 0.25) is 0 Å². The number of benzene rings is 2. The van der Waals surface area contributed by atoms with Crippen LogP contribution in [0.15, 0.2) is 70.6 Å². The molecule has 0 bridgehead atoms. The number of aromatic nitrogens is 1. The summed E-state index contributed by atoms with van der Waals surface area (Å²) in [5.41, 5.74) is 6.69. The van der Waals surface area contributed by atoms with Crippen molar-refractivity contribution in [2.24, 2.45) is 4.99 Å². The van der Waals surface area contributed by atoms with E-state index in [1.54, 1.807) is 4.90 Å². The summed E-state index contributed by atoms with van der Waals surface area (Å²) >= 11 is 1.45. The average Bonchev–Trinajstić information content (AvgIpc) is 3.56. The number of hydrogen-bond donors (Lipinski definition) is 0. The van der Waals surface area contributed by atoms with Gasteiger partial charge >= 0.3 is 0 Å². The number of ether oxygens (including phenoxy) is 1. The van der Waals surface area contributed by atoms with Crippen molar-refractivity contribution >= 4 is 34.6 Å². The molecule has 2 aromatic carbocycles. The van der Waals surface area contributed by atoms with Gasteiger partial charge in [0.15, 0.2) is 5.17 Å². The fourth-order valence-corrected chi connectivity index (χ4v) is 5.83. The smallest absolute Gasteiger partial charge is 0.266 e. The lowest BCUT2D eigenvalue weighted by atomic mass is 10.1. The number of aliphatic imine (C=N–C) groups is 1. The second-order valence-corrected chi connectivity index (χ2v) is 10.0. The van der Waals surface area contributed by atoms with Crippen molar-refractivity contribution in [3.8, 4) is 5.69 Å². The van der Waals surface area contributed by atoms with Crippen LogP contribution in [0, 0.1) is 13.8 Å². The molecule has 3 aromatic rings. The standard InChI is InChI=1S/C29H31N3O2S/c1-4-22-11-8-9-15-26(22)32-20(2)17-23(21(32)3)18-27-28(33)31(19-25-14-10-16-34-25)29(35-27)30-24-12-6-5-7-13-24/h5-9,11-13,15,17-18,25H,4,10,14,16,19H2,1-3H3/b27-18-,30-29?/t25-/m0/s1. The van der Waals surface area contributed by atoms with Crippen LogP contribution >= 0.6 is 11.8 Å². The third kappa shape index (κ3) is 4.86. The van der Waals surface area contributed by atoms with Crippen LogP contribution < -0.4 is 0 Å². The van der Waals surface area contributed by atoms with Gasteiger partial charge in [-0.15, -0.1) is 0 Å². The van der Waals surface area contributed by atoms with Crippen molar-refractivity contribution in [2.75, 3.05) is 13.2 Å². The minimum atomic E-state index is -0.000979. The van der Waals surface area contributed by atoms with Gasteiger partial charge in [-0.05, 0) is 86.3 Å². The first-order valence-corrected chi connectivity index (χ1v) is 13.1. The third-order valence-corrected chi connectivity index (χ3v) is 7.66. The van der Waals surface area contributed by atoms with E-state index in [1.165, 1.54) is 23.0 Å². The first-order chi connectivity index (χ1) is 17.0. The lowest BCUT2D eigenvalue weighted by Gasteiger charge is -2.19. The topological polar surface area (TPSA) is 46.8 Å². The number of para-hydroxylation sites is 2. The molecule has 0 radical (unpaired) electrons. The molecule has 0 unspecified atom stereocenters. The Morgan fingerprint density at radius 2 is 1.89 bits per heavy atom. The fraction of sp³-hybridized carbons (Fsp3) is 0.310. The number of nitrogens with zero attached hydrogens (tertiary/aromatic N) is 3. The highest BCUT2D eigenvalue weighted by atomic mass is 32.2. The third-order valence-electron chi connectivity index (χ3n) is 6.65. The summed E-state index contributed by atoms with van der Waals surface area (Å²) in [6.07, 6.45) is 5.07. The molecule has 35 heavy (non-hydrogen) atoms. The molecule has 0 N–H and O–H groups in total. The van der Waals surface area contributed by atoms with Gasteiger partial charge in [0, 0.05) is 23.7 Å². The molecular formula is C29H31N3O2S. The Hall–Kier alpha value is -3.09. The van der Waals surface area contributed by atoms with Gasteiger partial charge < -0.3 is 9.30 Å². The molecule has 1 amide bonds. The van der Waals surface area contributed by atoms with E-state index < -0.39 is 0 Å². The van der Waals surface area contributed by atoms with Crippen molar-refractivity contribution in [1.29, 1.82) is 0 Å². The lowest BCUT2D eigenvalue weighted by Crippen LogP contribution is -2.36. The second kappa shape index (κ2) is 10.3. The molecule has 6 heteroatoms. The normalized spacial score (nSPS) is 20.5. The average molecular weight is 486 g/mol. The molecular weight excluding hydrogens is 454 g/mol. The Balaban J connectivity index is 1.51. The van der Waals surface area contributed by atoms with Crippen LogP contribution in [0.25, 0.3) is 11.8 Å². The maximum absolute atomic E-state index is 13.6. The van der Waals surface area contributed by atoms with Crippen LogP contribution in [-0.4, -0.2) is 39.8 Å². The van der Waals surface area contributed by atoms with Crippen LogP contribution in [0.3, 0.4) is 0 Å². The zero-order valence-corrected chi connectivity index (χ0v) is 21.3. The monoisotopic (exact) mass is 485 g/mol. The molecule has 180 valence electrons. The van der Waals surface area contributed by atoms with E-state index in [0.29, 0.717) is 16.6 Å². The largest absolute Gasteiger partial charge is 0.376 e. The van der Waals surface area contributed by atoms with Crippen molar-refractivity contribution in [1.82, 2.24) is 9.47 Å². The van der Waals surface area contributed by atoms with Gasteiger partial charge in [0.25, 0.3) is 5.91 Å². The van der Waals surface area contributed by atoms with Gasteiger partial charge in [-0.3, -0.25) is 9.69 Å². The second-order valence-electron chi connectivity index (χ2n) is 9.04. The van der Waals surface area contributed by atoms with Crippen molar-refractivity contribution in [3.63, 3.8) is 0 Å². The fourth-order valence-electron chi connectivity index (χ4n) is 4.83. The maximum Gasteiger partial charge on any atom is 0.266 e. The van der Waals surface area contributed by atoms with Crippen molar-refractivity contribution in [2.45, 2.75) is 46.1 Å². The predicted octanol–water partition coefficient (Wildman–Crippen LogP) is 6.44. The molecule has 3 heterocycles. The number of rotatable bonds is 6. The van der Waals surface area contributed by atoms with Crippen LogP contribution in [0.4, 0.5) is 5.69 Å². The summed E-state index contributed by atoms with van der Waals surface area (Å²) in [7, 11) is 0. The molecule has 2 aliphatic heterocycles. The predicted molar refractivity (Wildman–Crippen MR) is 144 cm³/mol. The Labute approximate surface area is 211 Å². The van der Waals surface area contributed by atoms with Crippen LogP contribution in [0.1, 0.15) is 42.3 Å². The lowest BCUT2D eigenvalue weighted by molar-refractivity contribution is -0.123. The first kappa shape index (κ1) is 23.6. The summed E-state index contributed by atoms with van der Waals surface area (Å²) in [5.74, 6) is -0.000979. The van der Waals surface area contributed by atoms with E-state index in [2.05, 4.69) is 55.7 Å². The van der Waals surface area contributed by atoms with Crippen LogP contribution in [0.5, 0.6) is 0 Å². The molecule has 0 spiro atoms. The van der Waals surface area contributed by atoms with E-state index in [4.69, 9.17) is 9.73 Å². The zero-order chi connectivity index (χ0) is 24.4. The molecule has 0 aliphatic carbocycles. The molecule has 5 nitrogen and oxygen atoms in total.